The topological polar surface area (TPSA) is 58.6 Å². The Morgan fingerprint density at radius 2 is 1.90 bits per heavy atom. The predicted octanol–water partition coefficient (Wildman–Crippen LogP) is 4.67. The smallest absolute Gasteiger partial charge is 0.255 e. The van der Waals surface area contributed by atoms with Crippen molar-refractivity contribution in [1.29, 1.82) is 0 Å². The quantitative estimate of drug-likeness (QED) is 0.664. The Bertz CT molecular complexity index is 1120. The highest BCUT2D eigenvalue weighted by Gasteiger charge is 2.34. The number of fused-ring (bicyclic) bond motifs is 1. The third-order valence-corrected chi connectivity index (χ3v) is 5.21. The number of amides is 2. The fourth-order valence-corrected chi connectivity index (χ4v) is 3.77. The second-order valence-corrected chi connectivity index (χ2v) is 7.34. The zero-order chi connectivity index (χ0) is 21.3. The number of anilines is 1. The van der Waals surface area contributed by atoms with Crippen molar-refractivity contribution in [2.24, 2.45) is 0 Å². The molecule has 0 aliphatic carbocycles. The van der Waals surface area contributed by atoms with Crippen molar-refractivity contribution in [2.45, 2.75) is 6.04 Å². The van der Waals surface area contributed by atoms with Crippen LogP contribution in [0.4, 0.5) is 10.1 Å². The lowest BCUT2D eigenvalue weighted by Crippen LogP contribution is -2.39. The third-order valence-electron chi connectivity index (χ3n) is 4.97. The maximum Gasteiger partial charge on any atom is 0.255 e. The number of rotatable bonds is 3. The largest absolute Gasteiger partial charge is 0.497 e. The molecule has 152 valence electrons. The summed E-state index contributed by atoms with van der Waals surface area (Å²) in [6.07, 6.45) is 0. The Hall–Kier alpha value is -3.38. The summed E-state index contributed by atoms with van der Waals surface area (Å²) in [5.74, 6) is -0.550. The summed E-state index contributed by atoms with van der Waals surface area (Å²) in [5, 5.41) is 3.29. The molecule has 1 atom stereocenters. The van der Waals surface area contributed by atoms with Crippen molar-refractivity contribution in [2.75, 3.05) is 19.0 Å². The van der Waals surface area contributed by atoms with Gasteiger partial charge in [0.05, 0.1) is 13.2 Å². The lowest BCUT2D eigenvalue weighted by atomic mass is 9.95. The van der Waals surface area contributed by atoms with Gasteiger partial charge in [-0.05, 0) is 54.1 Å². The number of hydrogen-bond donors (Lipinski definition) is 1. The van der Waals surface area contributed by atoms with Gasteiger partial charge in [0.1, 0.15) is 18.1 Å². The molecule has 0 spiro atoms. The number of carbonyl (C=O) groups excluding carboxylic acids is 2. The van der Waals surface area contributed by atoms with Crippen LogP contribution in [0, 0.1) is 5.82 Å². The number of methoxy groups -OCH3 is 1. The Kier molecular flexibility index (Phi) is 5.42. The summed E-state index contributed by atoms with van der Waals surface area (Å²) in [4.78, 5) is 27.6. The predicted molar refractivity (Wildman–Crippen MR) is 112 cm³/mol. The first-order chi connectivity index (χ1) is 14.5. The minimum absolute atomic E-state index is 0.176. The van der Waals surface area contributed by atoms with Crippen LogP contribution in [0.5, 0.6) is 5.75 Å². The summed E-state index contributed by atoms with van der Waals surface area (Å²) in [7, 11) is 1.52. The molecule has 0 radical (unpaired) electrons. The second-order valence-electron chi connectivity index (χ2n) is 6.90. The van der Waals surface area contributed by atoms with Gasteiger partial charge in [0.25, 0.3) is 5.91 Å². The molecule has 1 aliphatic rings. The van der Waals surface area contributed by atoms with Crippen LogP contribution in [0.2, 0.25) is 5.02 Å². The van der Waals surface area contributed by atoms with Crippen molar-refractivity contribution in [3.8, 4) is 5.75 Å². The number of nitrogens with one attached hydrogen (secondary N) is 1. The first-order valence-corrected chi connectivity index (χ1v) is 9.64. The average Bonchev–Trinajstić information content (AvgIpc) is 2.89. The fraction of sp³-hybridized carbons (Fsp3) is 0.130. The van der Waals surface area contributed by atoms with E-state index in [1.165, 1.54) is 24.1 Å². The minimum Gasteiger partial charge on any atom is -0.497 e. The van der Waals surface area contributed by atoms with E-state index >= 15 is 0 Å². The summed E-state index contributed by atoms with van der Waals surface area (Å²) < 4.78 is 18.8. The van der Waals surface area contributed by atoms with Crippen LogP contribution in [-0.4, -0.2) is 30.4 Å². The lowest BCUT2D eigenvalue weighted by molar-refractivity contribution is -0.117. The molecule has 1 heterocycles. The normalized spacial score (nSPS) is 15.8. The monoisotopic (exact) mass is 424 g/mol. The van der Waals surface area contributed by atoms with Gasteiger partial charge >= 0.3 is 0 Å². The fourth-order valence-electron chi connectivity index (χ4n) is 3.59. The number of carbonyl (C=O) groups is 2. The van der Waals surface area contributed by atoms with E-state index < -0.39 is 11.9 Å². The summed E-state index contributed by atoms with van der Waals surface area (Å²) in [6.45, 7) is -0.176. The van der Waals surface area contributed by atoms with Crippen LogP contribution < -0.4 is 10.1 Å². The highest BCUT2D eigenvalue weighted by molar-refractivity contribution is 6.30. The Balaban J connectivity index is 1.88. The zero-order valence-electron chi connectivity index (χ0n) is 16.1. The van der Waals surface area contributed by atoms with Gasteiger partial charge in [-0.1, -0.05) is 29.8 Å². The van der Waals surface area contributed by atoms with Gasteiger partial charge < -0.3 is 15.0 Å². The third kappa shape index (κ3) is 3.86. The van der Waals surface area contributed by atoms with Crippen LogP contribution in [0.25, 0.3) is 0 Å². The van der Waals surface area contributed by atoms with Crippen molar-refractivity contribution >= 4 is 29.1 Å². The number of halogens is 2. The van der Waals surface area contributed by atoms with E-state index in [0.717, 1.165) is 0 Å². The highest BCUT2D eigenvalue weighted by atomic mass is 35.5. The molecule has 1 unspecified atom stereocenters. The number of hydrogen-bond acceptors (Lipinski definition) is 3. The molecule has 5 nitrogen and oxygen atoms in total. The van der Waals surface area contributed by atoms with E-state index in [1.807, 2.05) is 0 Å². The molecule has 0 fully saturated rings. The van der Waals surface area contributed by atoms with Crippen LogP contribution in [0.3, 0.4) is 0 Å². The van der Waals surface area contributed by atoms with E-state index in [-0.39, 0.29) is 18.4 Å². The van der Waals surface area contributed by atoms with E-state index in [2.05, 4.69) is 5.32 Å². The lowest BCUT2D eigenvalue weighted by Gasteiger charge is -2.31. The first kappa shape index (κ1) is 19.9. The number of ether oxygens (including phenoxy) is 1. The Labute approximate surface area is 178 Å². The second kappa shape index (κ2) is 8.16. The number of nitrogens with zero attached hydrogens (tertiary/aromatic N) is 1. The standard InChI is InChI=1S/C23H18ClFN2O3/c1-30-18-4-2-3-15(11-18)23(29)27-13-21(28)26-20-10-7-16(24)12-19(20)22(27)14-5-8-17(25)9-6-14/h2-12,22H,13H2,1H3,(H,26,28). The maximum absolute atomic E-state index is 13.6. The van der Waals surface area contributed by atoms with E-state index in [1.54, 1.807) is 54.6 Å². The molecule has 2 amide bonds. The molecular weight excluding hydrogens is 407 g/mol. The SMILES string of the molecule is COc1cccc(C(=O)N2CC(=O)Nc3ccc(Cl)cc3C2c2ccc(F)cc2)c1. The van der Waals surface area contributed by atoms with Gasteiger partial charge in [0, 0.05) is 21.8 Å². The molecular formula is C23H18ClFN2O3. The number of benzene rings is 3. The van der Waals surface area contributed by atoms with Crippen LogP contribution in [0.15, 0.2) is 66.7 Å². The van der Waals surface area contributed by atoms with Crippen LogP contribution in [0.1, 0.15) is 27.5 Å². The van der Waals surface area contributed by atoms with Crippen LogP contribution >= 0.6 is 11.6 Å². The van der Waals surface area contributed by atoms with Gasteiger partial charge in [-0.25, -0.2) is 4.39 Å². The molecule has 1 aliphatic heterocycles. The van der Waals surface area contributed by atoms with Crippen molar-refractivity contribution in [3.05, 3.63) is 94.3 Å². The van der Waals surface area contributed by atoms with Crippen molar-refractivity contribution < 1.29 is 18.7 Å². The molecule has 3 aromatic rings. The Morgan fingerprint density at radius 3 is 2.63 bits per heavy atom. The molecule has 1 N–H and O–H groups in total. The van der Waals surface area contributed by atoms with Gasteiger partial charge in [-0.3, -0.25) is 9.59 Å². The zero-order valence-corrected chi connectivity index (χ0v) is 16.8. The van der Waals surface area contributed by atoms with Crippen molar-refractivity contribution in [1.82, 2.24) is 4.90 Å². The molecule has 0 bridgehead atoms. The molecule has 3 aromatic carbocycles. The summed E-state index contributed by atoms with van der Waals surface area (Å²) in [6, 6.07) is 17.0. The van der Waals surface area contributed by atoms with E-state index in [4.69, 9.17) is 16.3 Å². The molecule has 0 aromatic heterocycles. The molecule has 0 saturated heterocycles. The van der Waals surface area contributed by atoms with Gasteiger partial charge in [0.15, 0.2) is 0 Å². The average molecular weight is 425 g/mol. The van der Waals surface area contributed by atoms with Gasteiger partial charge in [-0.15, -0.1) is 0 Å². The molecule has 0 saturated carbocycles. The molecule has 7 heteroatoms. The van der Waals surface area contributed by atoms with E-state index in [0.29, 0.717) is 33.1 Å². The molecule has 30 heavy (non-hydrogen) atoms. The van der Waals surface area contributed by atoms with Gasteiger partial charge in [0.2, 0.25) is 5.91 Å². The van der Waals surface area contributed by atoms with Gasteiger partial charge in [-0.2, -0.15) is 0 Å². The Morgan fingerprint density at radius 1 is 1.13 bits per heavy atom. The summed E-state index contributed by atoms with van der Waals surface area (Å²) >= 11 is 6.24. The summed E-state index contributed by atoms with van der Waals surface area (Å²) in [5.41, 5.74) is 2.24. The first-order valence-electron chi connectivity index (χ1n) is 9.26. The molecule has 4 rings (SSSR count). The minimum atomic E-state index is -0.642. The highest BCUT2D eigenvalue weighted by Crippen LogP contribution is 2.38. The van der Waals surface area contributed by atoms with Crippen LogP contribution in [-0.2, 0) is 4.79 Å². The maximum atomic E-state index is 13.6. The van der Waals surface area contributed by atoms with Crippen molar-refractivity contribution in [3.63, 3.8) is 0 Å². The van der Waals surface area contributed by atoms with E-state index in [9.17, 15) is 14.0 Å².